The van der Waals surface area contributed by atoms with E-state index < -0.39 is 24.1 Å². The molecule has 0 saturated carbocycles. The van der Waals surface area contributed by atoms with E-state index in [1.165, 1.54) is 18.2 Å². The van der Waals surface area contributed by atoms with Crippen LogP contribution in [0.5, 0.6) is 0 Å². The highest BCUT2D eigenvalue weighted by Crippen LogP contribution is 2.15. The number of methoxy groups -OCH3 is 1. The van der Waals surface area contributed by atoms with Crippen LogP contribution >= 0.6 is 0 Å². The fraction of sp³-hybridized carbons (Fsp3) is 0.143. The van der Waals surface area contributed by atoms with Crippen molar-refractivity contribution < 1.29 is 33.4 Å². The molecule has 110 valence electrons. The quantitative estimate of drug-likeness (QED) is 0.476. The third kappa shape index (κ3) is 4.27. The summed E-state index contributed by atoms with van der Waals surface area (Å²) in [6.45, 7) is 4.82. The van der Waals surface area contributed by atoms with E-state index in [2.05, 4.69) is 20.8 Å². The monoisotopic (exact) mass is 292 g/mol. The smallest absolute Gasteiger partial charge is 0.437 e. The van der Waals surface area contributed by atoms with Crippen LogP contribution in [0.25, 0.3) is 0 Å². The molecule has 7 nitrogen and oxygen atoms in total. The second-order valence-electron chi connectivity index (χ2n) is 3.81. The maximum absolute atomic E-state index is 11.8. The first kappa shape index (κ1) is 16.1. The van der Waals surface area contributed by atoms with E-state index >= 15 is 0 Å². The minimum atomic E-state index is -1.22. The van der Waals surface area contributed by atoms with E-state index in [1.54, 1.807) is 6.92 Å². The molecule has 0 spiro atoms. The zero-order valence-electron chi connectivity index (χ0n) is 11.4. The van der Waals surface area contributed by atoms with Gasteiger partial charge in [-0.1, -0.05) is 18.2 Å². The van der Waals surface area contributed by atoms with E-state index in [4.69, 9.17) is 0 Å². The van der Waals surface area contributed by atoms with Crippen molar-refractivity contribution in [1.29, 1.82) is 0 Å². The van der Waals surface area contributed by atoms with Crippen LogP contribution in [0.2, 0.25) is 0 Å². The summed E-state index contributed by atoms with van der Waals surface area (Å²) >= 11 is 0. The van der Waals surface area contributed by atoms with Crippen molar-refractivity contribution >= 4 is 24.1 Å². The fourth-order valence-corrected chi connectivity index (χ4v) is 1.37. The van der Waals surface area contributed by atoms with Crippen LogP contribution in [0.4, 0.5) is 4.79 Å². The van der Waals surface area contributed by atoms with Crippen molar-refractivity contribution in [3.05, 3.63) is 47.5 Å². The van der Waals surface area contributed by atoms with Crippen molar-refractivity contribution in [2.75, 3.05) is 7.11 Å². The number of benzene rings is 1. The Morgan fingerprint density at radius 3 is 2.24 bits per heavy atom. The maximum atomic E-state index is 11.8. The molecule has 0 aliphatic carbocycles. The molecule has 0 aromatic heterocycles. The molecule has 0 atom stereocenters. The first-order chi connectivity index (χ1) is 9.88. The summed E-state index contributed by atoms with van der Waals surface area (Å²) < 4.78 is 13.0. The third-order valence-corrected chi connectivity index (χ3v) is 2.32. The molecule has 1 aromatic rings. The standard InChI is InChI=1S/C14H12O7/c1-4-11(15)20-13(17)10-7-8(2)5-6-9(10)12(16)21-14(18)19-3/h4-7H,1H2,2-3H3. The molecule has 0 amide bonds. The number of hydrogen-bond donors (Lipinski definition) is 0. The van der Waals surface area contributed by atoms with Crippen molar-refractivity contribution in [3.63, 3.8) is 0 Å². The molecular formula is C14H12O7. The average molecular weight is 292 g/mol. The molecule has 0 aliphatic rings. The van der Waals surface area contributed by atoms with Crippen LogP contribution in [0.15, 0.2) is 30.9 Å². The van der Waals surface area contributed by atoms with Gasteiger partial charge in [-0.3, -0.25) is 0 Å². The van der Waals surface area contributed by atoms with E-state index in [1.807, 2.05) is 0 Å². The lowest BCUT2D eigenvalue weighted by Gasteiger charge is -2.08. The molecule has 0 unspecified atom stereocenters. The summed E-state index contributed by atoms with van der Waals surface area (Å²) in [5.41, 5.74) is 0.203. The molecule has 0 bridgehead atoms. The zero-order valence-corrected chi connectivity index (χ0v) is 11.4. The highest BCUT2D eigenvalue weighted by atomic mass is 16.7. The lowest BCUT2D eigenvalue weighted by Crippen LogP contribution is -2.18. The Kier molecular flexibility index (Phi) is 5.36. The SMILES string of the molecule is C=CC(=O)OC(=O)c1cc(C)ccc1C(=O)OC(=O)OC. The summed E-state index contributed by atoms with van der Waals surface area (Å²) in [6.07, 6.45) is -0.415. The molecule has 21 heavy (non-hydrogen) atoms. The Morgan fingerprint density at radius 1 is 1.05 bits per heavy atom. The van der Waals surface area contributed by atoms with Gasteiger partial charge >= 0.3 is 24.1 Å². The third-order valence-electron chi connectivity index (χ3n) is 2.32. The normalized spacial score (nSPS) is 9.43. The lowest BCUT2D eigenvalue weighted by molar-refractivity contribution is -0.132. The van der Waals surface area contributed by atoms with Crippen molar-refractivity contribution in [1.82, 2.24) is 0 Å². The number of carbonyl (C=O) groups is 4. The Bertz CT molecular complexity index is 616. The van der Waals surface area contributed by atoms with Gasteiger partial charge < -0.3 is 14.2 Å². The molecular weight excluding hydrogens is 280 g/mol. The molecule has 0 saturated heterocycles. The Balaban J connectivity index is 3.13. The number of ether oxygens (including phenoxy) is 3. The number of esters is 3. The van der Waals surface area contributed by atoms with E-state index in [9.17, 15) is 19.2 Å². The second-order valence-corrected chi connectivity index (χ2v) is 3.81. The summed E-state index contributed by atoms with van der Waals surface area (Å²) in [7, 11) is 1.03. The Hall–Kier alpha value is -2.96. The summed E-state index contributed by atoms with van der Waals surface area (Å²) in [4.78, 5) is 45.6. The van der Waals surface area contributed by atoms with Gasteiger partial charge in [0.2, 0.25) is 0 Å². The Labute approximate surface area is 120 Å². The van der Waals surface area contributed by atoms with Gasteiger partial charge in [0.1, 0.15) is 0 Å². The van der Waals surface area contributed by atoms with E-state index in [-0.39, 0.29) is 11.1 Å². The zero-order chi connectivity index (χ0) is 16.0. The van der Waals surface area contributed by atoms with Gasteiger partial charge in [0.05, 0.1) is 18.2 Å². The topological polar surface area (TPSA) is 96.0 Å². The summed E-state index contributed by atoms with van der Waals surface area (Å²) in [6, 6.07) is 4.13. The van der Waals surface area contributed by atoms with Gasteiger partial charge in [-0.15, -0.1) is 0 Å². The van der Waals surface area contributed by atoms with Gasteiger partial charge in [-0.25, -0.2) is 19.2 Å². The highest BCUT2D eigenvalue weighted by Gasteiger charge is 2.23. The molecule has 1 rings (SSSR count). The number of rotatable bonds is 3. The highest BCUT2D eigenvalue weighted by molar-refractivity contribution is 6.08. The molecule has 0 heterocycles. The lowest BCUT2D eigenvalue weighted by atomic mass is 10.0. The Morgan fingerprint density at radius 2 is 1.67 bits per heavy atom. The van der Waals surface area contributed by atoms with Crippen LogP contribution in [0.3, 0.4) is 0 Å². The van der Waals surface area contributed by atoms with Gasteiger partial charge in [0.15, 0.2) is 0 Å². The summed E-state index contributed by atoms with van der Waals surface area (Å²) in [5, 5.41) is 0. The average Bonchev–Trinajstić information content (AvgIpc) is 2.46. The predicted molar refractivity (Wildman–Crippen MR) is 69.6 cm³/mol. The summed E-state index contributed by atoms with van der Waals surface area (Å²) in [5.74, 6) is -3.12. The largest absolute Gasteiger partial charge is 0.516 e. The number of hydrogen-bond acceptors (Lipinski definition) is 7. The van der Waals surface area contributed by atoms with Crippen molar-refractivity contribution in [3.8, 4) is 0 Å². The molecule has 0 radical (unpaired) electrons. The van der Waals surface area contributed by atoms with Gasteiger partial charge in [0, 0.05) is 6.08 Å². The van der Waals surface area contributed by atoms with Crippen LogP contribution in [0, 0.1) is 6.92 Å². The maximum Gasteiger partial charge on any atom is 0.516 e. The molecule has 0 N–H and O–H groups in total. The van der Waals surface area contributed by atoms with E-state index in [0.717, 1.165) is 13.2 Å². The fourth-order valence-electron chi connectivity index (χ4n) is 1.37. The first-order valence-corrected chi connectivity index (χ1v) is 5.68. The van der Waals surface area contributed by atoms with Gasteiger partial charge in [0.25, 0.3) is 0 Å². The first-order valence-electron chi connectivity index (χ1n) is 5.68. The van der Waals surface area contributed by atoms with Crippen LogP contribution in [-0.2, 0) is 19.0 Å². The van der Waals surface area contributed by atoms with E-state index in [0.29, 0.717) is 5.56 Å². The van der Waals surface area contributed by atoms with Crippen LogP contribution in [-0.4, -0.2) is 31.2 Å². The molecule has 0 fully saturated rings. The number of aryl methyl sites for hydroxylation is 1. The number of carbonyl (C=O) groups excluding carboxylic acids is 4. The van der Waals surface area contributed by atoms with Gasteiger partial charge in [-0.05, 0) is 19.1 Å². The second kappa shape index (κ2) is 6.99. The van der Waals surface area contributed by atoms with Gasteiger partial charge in [-0.2, -0.15) is 0 Å². The molecule has 1 aromatic carbocycles. The van der Waals surface area contributed by atoms with Crippen LogP contribution < -0.4 is 0 Å². The predicted octanol–water partition coefficient (Wildman–Crippen LogP) is 1.79. The minimum absolute atomic E-state index is 0.209. The molecule has 7 heteroatoms. The molecule has 0 aliphatic heterocycles. The van der Waals surface area contributed by atoms with Crippen molar-refractivity contribution in [2.24, 2.45) is 0 Å². The van der Waals surface area contributed by atoms with Crippen molar-refractivity contribution in [2.45, 2.75) is 6.92 Å². The minimum Gasteiger partial charge on any atom is -0.437 e. The van der Waals surface area contributed by atoms with Crippen LogP contribution in [0.1, 0.15) is 26.3 Å².